The molecule has 1 rings (SSSR count). The van der Waals surface area contributed by atoms with Crippen molar-refractivity contribution in [3.05, 3.63) is 0 Å². The molecule has 0 bridgehead atoms. The van der Waals surface area contributed by atoms with Gasteiger partial charge in [0.15, 0.2) is 0 Å². The van der Waals surface area contributed by atoms with Gasteiger partial charge in [0.05, 0.1) is 0 Å². The zero-order valence-electron chi connectivity index (χ0n) is 11.1. The number of amides is 1. The first-order chi connectivity index (χ1) is 7.51. The highest BCUT2D eigenvalue weighted by atomic mass is 16.1. The van der Waals surface area contributed by atoms with Crippen LogP contribution in [-0.4, -0.2) is 36.5 Å². The van der Waals surface area contributed by atoms with Crippen molar-refractivity contribution in [2.24, 2.45) is 11.8 Å². The van der Waals surface area contributed by atoms with E-state index >= 15 is 0 Å². The second-order valence-corrected chi connectivity index (χ2v) is 5.52. The van der Waals surface area contributed by atoms with E-state index < -0.39 is 0 Å². The number of nitrogens with zero attached hydrogens (tertiary/aromatic N) is 1. The molecule has 1 heterocycles. The van der Waals surface area contributed by atoms with Gasteiger partial charge in [-0.05, 0) is 18.3 Å². The van der Waals surface area contributed by atoms with Crippen molar-refractivity contribution in [2.75, 3.05) is 19.6 Å². The predicted octanol–water partition coefficient (Wildman–Crippen LogP) is 1.88. The van der Waals surface area contributed by atoms with Crippen molar-refractivity contribution in [2.45, 2.75) is 46.6 Å². The first kappa shape index (κ1) is 13.5. The molecule has 0 aliphatic carbocycles. The number of carbonyl (C=O) groups excluding carboxylic acids is 1. The summed E-state index contributed by atoms with van der Waals surface area (Å²) in [7, 11) is 0. The molecule has 1 fully saturated rings. The average molecular weight is 226 g/mol. The molecule has 0 aromatic carbocycles. The van der Waals surface area contributed by atoms with Crippen LogP contribution in [0.25, 0.3) is 0 Å². The van der Waals surface area contributed by atoms with Gasteiger partial charge in [0, 0.05) is 32.6 Å². The number of hydrogen-bond donors (Lipinski definition) is 1. The minimum absolute atomic E-state index is 0.103. The fraction of sp³-hybridized carbons (Fsp3) is 0.923. The topological polar surface area (TPSA) is 32.3 Å². The van der Waals surface area contributed by atoms with Gasteiger partial charge in [0.2, 0.25) is 5.91 Å². The van der Waals surface area contributed by atoms with E-state index in [2.05, 4.69) is 31.0 Å². The smallest absolute Gasteiger partial charge is 0.217 e. The van der Waals surface area contributed by atoms with Gasteiger partial charge >= 0.3 is 0 Å². The van der Waals surface area contributed by atoms with Crippen LogP contribution >= 0.6 is 0 Å². The Morgan fingerprint density at radius 3 is 2.62 bits per heavy atom. The van der Waals surface area contributed by atoms with E-state index in [4.69, 9.17) is 0 Å². The molecule has 1 aliphatic rings. The Hall–Kier alpha value is -0.570. The molecule has 2 atom stereocenters. The lowest BCUT2D eigenvalue weighted by Gasteiger charge is -2.38. The Morgan fingerprint density at radius 1 is 1.44 bits per heavy atom. The Morgan fingerprint density at radius 2 is 2.12 bits per heavy atom. The highest BCUT2D eigenvalue weighted by molar-refractivity contribution is 5.73. The number of rotatable bonds is 4. The molecule has 0 spiro atoms. The molecular weight excluding hydrogens is 200 g/mol. The van der Waals surface area contributed by atoms with Gasteiger partial charge in [-0.3, -0.25) is 4.79 Å². The molecule has 1 amide bonds. The maximum absolute atomic E-state index is 11.1. The third kappa shape index (κ3) is 4.52. The fourth-order valence-electron chi connectivity index (χ4n) is 2.66. The second-order valence-electron chi connectivity index (χ2n) is 5.52. The summed E-state index contributed by atoms with van der Waals surface area (Å²) < 4.78 is 0. The van der Waals surface area contributed by atoms with Crippen molar-refractivity contribution in [3.63, 3.8) is 0 Å². The normalized spacial score (nSPS) is 27.1. The number of likely N-dealkylation sites (tertiary alicyclic amines) is 1. The summed E-state index contributed by atoms with van der Waals surface area (Å²) in [5.41, 5.74) is 0. The van der Waals surface area contributed by atoms with Crippen molar-refractivity contribution >= 4 is 5.91 Å². The lowest BCUT2D eigenvalue weighted by atomic mass is 9.91. The zero-order valence-corrected chi connectivity index (χ0v) is 11.1. The first-order valence-corrected chi connectivity index (χ1v) is 6.50. The lowest BCUT2D eigenvalue weighted by Crippen LogP contribution is -2.51. The van der Waals surface area contributed by atoms with E-state index in [0.29, 0.717) is 12.0 Å². The molecule has 1 aliphatic heterocycles. The Kier molecular flexibility index (Phi) is 5.26. The number of nitrogens with one attached hydrogen (secondary N) is 1. The third-order valence-electron chi connectivity index (χ3n) is 3.22. The van der Waals surface area contributed by atoms with Gasteiger partial charge < -0.3 is 10.2 Å². The highest BCUT2D eigenvalue weighted by Gasteiger charge is 2.26. The van der Waals surface area contributed by atoms with Crippen molar-refractivity contribution in [1.29, 1.82) is 0 Å². The van der Waals surface area contributed by atoms with E-state index in [1.54, 1.807) is 6.92 Å². The largest absolute Gasteiger partial charge is 0.352 e. The zero-order chi connectivity index (χ0) is 12.1. The van der Waals surface area contributed by atoms with Gasteiger partial charge in [0.25, 0.3) is 0 Å². The maximum Gasteiger partial charge on any atom is 0.217 e. The monoisotopic (exact) mass is 226 g/mol. The van der Waals surface area contributed by atoms with Gasteiger partial charge in [-0.15, -0.1) is 0 Å². The minimum Gasteiger partial charge on any atom is -0.352 e. The van der Waals surface area contributed by atoms with Crippen LogP contribution in [0, 0.1) is 11.8 Å². The van der Waals surface area contributed by atoms with Crippen LogP contribution in [-0.2, 0) is 4.79 Å². The molecule has 16 heavy (non-hydrogen) atoms. The summed E-state index contributed by atoms with van der Waals surface area (Å²) in [6.45, 7) is 11.7. The van der Waals surface area contributed by atoms with Gasteiger partial charge in [-0.2, -0.15) is 0 Å². The molecule has 1 saturated heterocycles. The van der Waals surface area contributed by atoms with Crippen molar-refractivity contribution in [1.82, 2.24) is 10.2 Å². The van der Waals surface area contributed by atoms with Gasteiger partial charge in [0.1, 0.15) is 0 Å². The standard InChI is InChI=1S/C13H26N2O/c1-5-12-6-13(14-11(4)16)9-15(8-12)7-10(2)3/h10,12-13H,5-9H2,1-4H3,(H,14,16). The molecule has 0 saturated carbocycles. The SMILES string of the molecule is CCC1CC(NC(C)=O)CN(CC(C)C)C1. The second kappa shape index (κ2) is 6.24. The van der Waals surface area contributed by atoms with Crippen LogP contribution in [0.4, 0.5) is 0 Å². The van der Waals surface area contributed by atoms with Crippen LogP contribution in [0.15, 0.2) is 0 Å². The number of hydrogen-bond acceptors (Lipinski definition) is 2. The molecule has 0 aromatic heterocycles. The molecule has 1 N–H and O–H groups in total. The molecule has 0 radical (unpaired) electrons. The lowest BCUT2D eigenvalue weighted by molar-refractivity contribution is -0.120. The van der Waals surface area contributed by atoms with Crippen molar-refractivity contribution in [3.8, 4) is 0 Å². The van der Waals surface area contributed by atoms with Crippen molar-refractivity contribution < 1.29 is 4.79 Å². The summed E-state index contributed by atoms with van der Waals surface area (Å²) in [4.78, 5) is 13.6. The first-order valence-electron chi connectivity index (χ1n) is 6.50. The third-order valence-corrected chi connectivity index (χ3v) is 3.22. The van der Waals surface area contributed by atoms with E-state index in [-0.39, 0.29) is 5.91 Å². The molecule has 94 valence electrons. The molecule has 0 aromatic rings. The van der Waals surface area contributed by atoms with E-state index in [0.717, 1.165) is 25.4 Å². The summed E-state index contributed by atoms with van der Waals surface area (Å²) in [6, 6.07) is 0.356. The van der Waals surface area contributed by atoms with E-state index in [1.807, 2.05) is 0 Å². The number of piperidine rings is 1. The minimum atomic E-state index is 0.103. The van der Waals surface area contributed by atoms with Gasteiger partial charge in [-0.25, -0.2) is 0 Å². The molecule has 2 unspecified atom stereocenters. The summed E-state index contributed by atoms with van der Waals surface area (Å²) >= 11 is 0. The Balaban J connectivity index is 2.50. The van der Waals surface area contributed by atoms with Crippen LogP contribution in [0.3, 0.4) is 0 Å². The average Bonchev–Trinajstić information content (AvgIpc) is 2.14. The van der Waals surface area contributed by atoms with Crippen LogP contribution in [0.2, 0.25) is 0 Å². The predicted molar refractivity (Wildman–Crippen MR) is 67.3 cm³/mol. The highest BCUT2D eigenvalue weighted by Crippen LogP contribution is 2.20. The molecule has 3 nitrogen and oxygen atoms in total. The molecule has 3 heteroatoms. The quantitative estimate of drug-likeness (QED) is 0.794. The van der Waals surface area contributed by atoms with Crippen LogP contribution < -0.4 is 5.32 Å². The summed E-state index contributed by atoms with van der Waals surface area (Å²) in [5.74, 6) is 1.55. The van der Waals surface area contributed by atoms with Gasteiger partial charge in [-0.1, -0.05) is 27.2 Å². The fourth-order valence-corrected chi connectivity index (χ4v) is 2.66. The maximum atomic E-state index is 11.1. The summed E-state index contributed by atoms with van der Waals surface area (Å²) in [5, 5.41) is 3.07. The number of carbonyl (C=O) groups is 1. The van der Waals surface area contributed by atoms with Crippen LogP contribution in [0.5, 0.6) is 0 Å². The Labute approximate surface area is 99.6 Å². The molecular formula is C13H26N2O. The van der Waals surface area contributed by atoms with E-state index in [9.17, 15) is 4.79 Å². The van der Waals surface area contributed by atoms with E-state index in [1.165, 1.54) is 13.0 Å². The Bertz CT molecular complexity index is 228. The summed E-state index contributed by atoms with van der Waals surface area (Å²) in [6.07, 6.45) is 2.36. The van der Waals surface area contributed by atoms with Crippen LogP contribution in [0.1, 0.15) is 40.5 Å².